The van der Waals surface area contributed by atoms with Gasteiger partial charge in [0, 0.05) is 5.92 Å². The molecule has 0 atom stereocenters. The van der Waals surface area contributed by atoms with Crippen molar-refractivity contribution in [1.82, 2.24) is 15.2 Å². The first-order valence-corrected chi connectivity index (χ1v) is 7.42. The number of nitrogens with zero attached hydrogens (tertiary/aromatic N) is 3. The molecule has 5 nitrogen and oxygen atoms in total. The van der Waals surface area contributed by atoms with Crippen molar-refractivity contribution in [3.05, 3.63) is 20.6 Å². The summed E-state index contributed by atoms with van der Waals surface area (Å²) in [6, 6.07) is 0. The van der Waals surface area contributed by atoms with Crippen molar-refractivity contribution in [1.29, 1.82) is 0 Å². The van der Waals surface area contributed by atoms with Crippen LogP contribution in [0, 0.1) is 6.92 Å². The van der Waals surface area contributed by atoms with Gasteiger partial charge in [-0.2, -0.15) is 0 Å². The molecule has 0 aliphatic heterocycles. The molecule has 0 radical (unpaired) electrons. The Morgan fingerprint density at radius 1 is 1.20 bits per heavy atom. The molecule has 2 aromatic heterocycles. The summed E-state index contributed by atoms with van der Waals surface area (Å²) in [4.78, 5) is 16.8. The Morgan fingerprint density at radius 2 is 1.90 bits per heavy atom. The van der Waals surface area contributed by atoms with E-state index in [9.17, 15) is 13.6 Å². The van der Waals surface area contributed by atoms with Crippen molar-refractivity contribution in [2.45, 2.75) is 33.1 Å². The number of carbonyl (C=O) groups excluding carboxylic acids is 1. The van der Waals surface area contributed by atoms with Gasteiger partial charge in [-0.3, -0.25) is 10.1 Å². The monoisotopic (exact) mass is 318 g/mol. The van der Waals surface area contributed by atoms with E-state index < -0.39 is 17.3 Å². The van der Waals surface area contributed by atoms with E-state index in [0.717, 1.165) is 5.01 Å². The topological polar surface area (TPSA) is 67.8 Å². The third kappa shape index (κ3) is 3.15. The van der Waals surface area contributed by atoms with Crippen molar-refractivity contribution in [3.63, 3.8) is 0 Å². The van der Waals surface area contributed by atoms with Crippen molar-refractivity contribution < 1.29 is 13.6 Å². The Labute approximate surface area is 122 Å². The molecule has 9 heteroatoms. The maximum Gasteiger partial charge on any atom is 0.291 e. The van der Waals surface area contributed by atoms with Crippen LogP contribution in [-0.2, 0) is 0 Å². The van der Waals surface area contributed by atoms with Gasteiger partial charge < -0.3 is 0 Å². The summed E-state index contributed by atoms with van der Waals surface area (Å²) in [5.74, 6) is -0.170. The van der Waals surface area contributed by atoms with Crippen LogP contribution < -0.4 is 5.32 Å². The maximum absolute atomic E-state index is 12.4. The largest absolute Gasteiger partial charge is 0.296 e. The van der Waals surface area contributed by atoms with E-state index in [4.69, 9.17) is 0 Å². The third-order valence-corrected chi connectivity index (χ3v) is 4.66. The lowest BCUT2D eigenvalue weighted by atomic mass is 10.2. The number of aromatic nitrogens is 3. The molecular formula is C11H12F2N4OS2. The molecule has 0 aromatic carbocycles. The van der Waals surface area contributed by atoms with Crippen LogP contribution in [0.2, 0.25) is 0 Å². The van der Waals surface area contributed by atoms with Crippen LogP contribution >= 0.6 is 22.7 Å². The van der Waals surface area contributed by atoms with Crippen LogP contribution in [0.1, 0.15) is 51.6 Å². The number of amides is 1. The summed E-state index contributed by atoms with van der Waals surface area (Å²) in [6.45, 7) is 5.71. The minimum Gasteiger partial charge on any atom is -0.296 e. The normalized spacial score (nSPS) is 11.3. The van der Waals surface area contributed by atoms with Crippen molar-refractivity contribution in [2.24, 2.45) is 0 Å². The van der Waals surface area contributed by atoms with Crippen LogP contribution in [0.25, 0.3) is 0 Å². The SMILES string of the molecule is Cc1nc(C(C)C)sc1C(=O)Nc1nnc(C(F)F)s1. The zero-order chi connectivity index (χ0) is 14.9. The standard InChI is InChI=1S/C11H12F2N4OS2/c1-4(2)9-14-5(3)6(19-9)8(18)15-11-17-16-10(20-11)7(12)13/h4,7H,1-3H3,(H,15,17,18). The number of rotatable bonds is 4. The number of carbonyl (C=O) groups is 1. The second-order valence-electron chi connectivity index (χ2n) is 4.32. The lowest BCUT2D eigenvalue weighted by Gasteiger charge is -1.98. The first kappa shape index (κ1) is 14.9. The summed E-state index contributed by atoms with van der Waals surface area (Å²) in [7, 11) is 0. The molecule has 0 saturated carbocycles. The molecule has 1 amide bonds. The second-order valence-corrected chi connectivity index (χ2v) is 6.36. The molecule has 1 N–H and O–H groups in total. The van der Waals surface area contributed by atoms with E-state index in [1.54, 1.807) is 6.92 Å². The smallest absolute Gasteiger partial charge is 0.291 e. The number of hydrogen-bond acceptors (Lipinski definition) is 6. The van der Waals surface area contributed by atoms with Gasteiger partial charge in [0.1, 0.15) is 4.88 Å². The average Bonchev–Trinajstić information content (AvgIpc) is 2.95. The van der Waals surface area contributed by atoms with E-state index >= 15 is 0 Å². The van der Waals surface area contributed by atoms with Gasteiger partial charge >= 0.3 is 0 Å². The lowest BCUT2D eigenvalue weighted by Crippen LogP contribution is -2.11. The molecule has 2 rings (SSSR count). The van der Waals surface area contributed by atoms with Crippen molar-refractivity contribution >= 4 is 33.7 Å². The van der Waals surface area contributed by atoms with Gasteiger partial charge in [-0.05, 0) is 6.92 Å². The molecule has 2 heterocycles. The van der Waals surface area contributed by atoms with E-state index in [0.29, 0.717) is 21.9 Å². The third-order valence-electron chi connectivity index (χ3n) is 2.36. The molecule has 0 aliphatic rings. The molecule has 2 aromatic rings. The van der Waals surface area contributed by atoms with Gasteiger partial charge in [0.15, 0.2) is 5.01 Å². The highest BCUT2D eigenvalue weighted by Gasteiger charge is 2.20. The highest BCUT2D eigenvalue weighted by molar-refractivity contribution is 7.16. The van der Waals surface area contributed by atoms with Gasteiger partial charge in [0.05, 0.1) is 10.7 Å². The highest BCUT2D eigenvalue weighted by Crippen LogP contribution is 2.28. The highest BCUT2D eigenvalue weighted by atomic mass is 32.1. The number of halogens is 2. The first-order chi connectivity index (χ1) is 9.38. The molecule has 0 unspecified atom stereocenters. The number of anilines is 1. The summed E-state index contributed by atoms with van der Waals surface area (Å²) < 4.78 is 24.8. The molecule has 0 spiro atoms. The quantitative estimate of drug-likeness (QED) is 0.935. The molecule has 0 fully saturated rings. The molecular weight excluding hydrogens is 306 g/mol. The molecule has 0 bridgehead atoms. The Morgan fingerprint density at radius 3 is 2.40 bits per heavy atom. The molecule has 20 heavy (non-hydrogen) atoms. The van der Waals surface area contributed by atoms with E-state index in [1.165, 1.54) is 11.3 Å². The van der Waals surface area contributed by atoms with Crippen molar-refractivity contribution in [2.75, 3.05) is 5.32 Å². The maximum atomic E-state index is 12.4. The van der Waals surface area contributed by atoms with E-state index in [1.807, 2.05) is 13.8 Å². The Bertz CT molecular complexity index is 624. The predicted molar refractivity (Wildman–Crippen MR) is 73.8 cm³/mol. The Kier molecular flexibility index (Phi) is 4.39. The zero-order valence-corrected chi connectivity index (χ0v) is 12.6. The molecule has 0 saturated heterocycles. The minimum absolute atomic E-state index is 0.0594. The van der Waals surface area contributed by atoms with Crippen LogP contribution in [0.15, 0.2) is 0 Å². The minimum atomic E-state index is -2.68. The lowest BCUT2D eigenvalue weighted by molar-refractivity contribution is 0.102. The average molecular weight is 318 g/mol. The summed E-state index contributed by atoms with van der Waals surface area (Å²) in [5.41, 5.74) is 0.620. The molecule has 0 aliphatic carbocycles. The number of alkyl halides is 2. The molecule has 108 valence electrons. The number of hydrogen-bond donors (Lipinski definition) is 1. The van der Waals surface area contributed by atoms with E-state index in [2.05, 4.69) is 20.5 Å². The van der Waals surface area contributed by atoms with E-state index in [-0.39, 0.29) is 11.0 Å². The van der Waals surface area contributed by atoms with Crippen LogP contribution in [-0.4, -0.2) is 21.1 Å². The van der Waals surface area contributed by atoms with Gasteiger partial charge in [0.25, 0.3) is 12.3 Å². The Balaban J connectivity index is 2.15. The summed E-state index contributed by atoms with van der Waals surface area (Å²) in [5, 5.41) is 9.80. The fourth-order valence-electron chi connectivity index (χ4n) is 1.40. The summed E-state index contributed by atoms with van der Waals surface area (Å²) in [6.07, 6.45) is -2.68. The first-order valence-electron chi connectivity index (χ1n) is 5.78. The van der Waals surface area contributed by atoms with Crippen LogP contribution in [0.5, 0.6) is 0 Å². The van der Waals surface area contributed by atoms with Crippen LogP contribution in [0.4, 0.5) is 13.9 Å². The fourth-order valence-corrected chi connectivity index (χ4v) is 2.96. The van der Waals surface area contributed by atoms with Gasteiger partial charge in [0.2, 0.25) is 5.13 Å². The fraction of sp³-hybridized carbons (Fsp3) is 0.455. The van der Waals surface area contributed by atoms with Crippen molar-refractivity contribution in [3.8, 4) is 0 Å². The number of thiazole rings is 1. The van der Waals surface area contributed by atoms with Gasteiger partial charge in [-0.1, -0.05) is 25.2 Å². The number of aryl methyl sites for hydroxylation is 1. The number of nitrogens with one attached hydrogen (secondary N) is 1. The second kappa shape index (κ2) is 5.88. The zero-order valence-electron chi connectivity index (χ0n) is 11.0. The van der Waals surface area contributed by atoms with Crippen LogP contribution in [0.3, 0.4) is 0 Å². The van der Waals surface area contributed by atoms with Gasteiger partial charge in [-0.25, -0.2) is 13.8 Å². The Hall–Kier alpha value is -1.48. The van der Waals surface area contributed by atoms with Gasteiger partial charge in [-0.15, -0.1) is 21.5 Å². The summed E-state index contributed by atoms with van der Waals surface area (Å²) >= 11 is 1.96. The predicted octanol–water partition coefficient (Wildman–Crippen LogP) is 3.62.